The molecule has 10 nitrogen and oxygen atoms in total. The molecular weight excluding hydrogens is 446 g/mol. The number of hydrogen-bond acceptors (Lipinski definition) is 7. The van der Waals surface area contributed by atoms with E-state index in [-0.39, 0.29) is 18.0 Å². The van der Waals surface area contributed by atoms with Gasteiger partial charge in [0.15, 0.2) is 0 Å². The Morgan fingerprint density at radius 3 is 2.27 bits per heavy atom. The van der Waals surface area contributed by atoms with Crippen LogP contribution >= 0.6 is 0 Å². The first-order valence-corrected chi connectivity index (χ1v) is 12.1. The van der Waals surface area contributed by atoms with Crippen molar-refractivity contribution in [2.45, 2.75) is 38.3 Å². The molecule has 1 atom stereocenters. The van der Waals surface area contributed by atoms with Gasteiger partial charge in [-0.1, -0.05) is 6.07 Å². The normalized spacial score (nSPS) is 12.1. The van der Waals surface area contributed by atoms with Gasteiger partial charge in [-0.25, -0.2) is 18.1 Å². The SMILES string of the molecule is CCN(CC)c1ccc(CNC(=O)C(=O)Nc2ccc(S(=O)(=O)N[C@@H](C)COC)cc2)cn1. The van der Waals surface area contributed by atoms with Crippen LogP contribution < -0.4 is 20.3 Å². The number of ether oxygens (including phenoxy) is 1. The first-order valence-electron chi connectivity index (χ1n) is 10.6. The Balaban J connectivity index is 1.90. The zero-order valence-corrected chi connectivity index (χ0v) is 20.1. The molecule has 11 heteroatoms. The third kappa shape index (κ3) is 7.81. The molecule has 0 saturated heterocycles. The van der Waals surface area contributed by atoms with Crippen molar-refractivity contribution in [1.82, 2.24) is 15.0 Å². The molecule has 0 radical (unpaired) electrons. The average molecular weight is 478 g/mol. The van der Waals surface area contributed by atoms with Crippen LogP contribution in [0.15, 0.2) is 47.5 Å². The fraction of sp³-hybridized carbons (Fsp3) is 0.409. The van der Waals surface area contributed by atoms with Gasteiger partial charge in [0.2, 0.25) is 10.0 Å². The molecule has 0 aliphatic rings. The monoisotopic (exact) mass is 477 g/mol. The van der Waals surface area contributed by atoms with E-state index in [0.717, 1.165) is 24.5 Å². The molecule has 0 saturated carbocycles. The van der Waals surface area contributed by atoms with Gasteiger partial charge in [0.1, 0.15) is 5.82 Å². The predicted octanol–water partition coefficient (Wildman–Crippen LogP) is 1.50. The lowest BCUT2D eigenvalue weighted by molar-refractivity contribution is -0.136. The van der Waals surface area contributed by atoms with Crippen molar-refractivity contribution < 1.29 is 22.7 Å². The Labute approximate surface area is 194 Å². The van der Waals surface area contributed by atoms with E-state index >= 15 is 0 Å². The highest BCUT2D eigenvalue weighted by molar-refractivity contribution is 7.89. The summed E-state index contributed by atoms with van der Waals surface area (Å²) in [7, 11) is -2.24. The van der Waals surface area contributed by atoms with Crippen LogP contribution in [0, 0.1) is 0 Å². The molecule has 0 bridgehead atoms. The number of hydrogen-bond donors (Lipinski definition) is 3. The molecule has 0 unspecified atom stereocenters. The molecule has 0 aliphatic heterocycles. The van der Waals surface area contributed by atoms with Crippen LogP contribution in [-0.2, 0) is 30.9 Å². The van der Waals surface area contributed by atoms with Gasteiger partial charge in [-0.2, -0.15) is 0 Å². The molecule has 0 spiro atoms. The number of carbonyl (C=O) groups excluding carboxylic acids is 2. The van der Waals surface area contributed by atoms with E-state index in [9.17, 15) is 18.0 Å². The van der Waals surface area contributed by atoms with Crippen molar-refractivity contribution in [2.75, 3.05) is 37.0 Å². The van der Waals surface area contributed by atoms with Crippen molar-refractivity contribution in [3.05, 3.63) is 48.2 Å². The minimum atomic E-state index is -3.73. The molecule has 3 N–H and O–H groups in total. The molecule has 1 aromatic heterocycles. The Morgan fingerprint density at radius 1 is 1.06 bits per heavy atom. The van der Waals surface area contributed by atoms with Gasteiger partial charge in [-0.3, -0.25) is 9.59 Å². The largest absolute Gasteiger partial charge is 0.383 e. The Hall–Kier alpha value is -3.02. The first kappa shape index (κ1) is 26.2. The van der Waals surface area contributed by atoms with Gasteiger partial charge in [0, 0.05) is 44.7 Å². The summed E-state index contributed by atoms with van der Waals surface area (Å²) >= 11 is 0. The minimum absolute atomic E-state index is 0.0357. The maximum Gasteiger partial charge on any atom is 0.313 e. The van der Waals surface area contributed by atoms with Gasteiger partial charge in [-0.15, -0.1) is 0 Å². The zero-order valence-electron chi connectivity index (χ0n) is 19.3. The van der Waals surface area contributed by atoms with Crippen LogP contribution in [0.4, 0.5) is 11.5 Å². The third-order valence-corrected chi connectivity index (χ3v) is 6.36. The van der Waals surface area contributed by atoms with E-state index in [1.54, 1.807) is 13.1 Å². The maximum absolute atomic E-state index is 12.3. The second kappa shape index (κ2) is 12.3. The fourth-order valence-electron chi connectivity index (χ4n) is 3.04. The molecule has 2 rings (SSSR count). The topological polar surface area (TPSA) is 130 Å². The van der Waals surface area contributed by atoms with E-state index in [1.807, 2.05) is 26.0 Å². The van der Waals surface area contributed by atoms with E-state index in [1.165, 1.54) is 31.4 Å². The summed E-state index contributed by atoms with van der Waals surface area (Å²) in [4.78, 5) is 30.8. The Morgan fingerprint density at radius 2 is 1.73 bits per heavy atom. The second-order valence-electron chi connectivity index (χ2n) is 7.34. The highest BCUT2D eigenvalue weighted by Gasteiger charge is 2.18. The number of benzene rings is 1. The van der Waals surface area contributed by atoms with Crippen LogP contribution in [0.1, 0.15) is 26.3 Å². The molecule has 0 fully saturated rings. The van der Waals surface area contributed by atoms with Crippen LogP contribution in [-0.4, -0.2) is 58.1 Å². The van der Waals surface area contributed by atoms with Crippen LogP contribution in [0.3, 0.4) is 0 Å². The number of pyridine rings is 1. The zero-order chi connectivity index (χ0) is 24.4. The summed E-state index contributed by atoms with van der Waals surface area (Å²) in [6.45, 7) is 7.85. The summed E-state index contributed by atoms with van der Waals surface area (Å²) in [6, 6.07) is 8.84. The molecule has 33 heavy (non-hydrogen) atoms. The number of aromatic nitrogens is 1. The number of sulfonamides is 1. The summed E-state index contributed by atoms with van der Waals surface area (Å²) in [6.07, 6.45) is 1.66. The predicted molar refractivity (Wildman–Crippen MR) is 126 cm³/mol. The van der Waals surface area contributed by atoms with Gasteiger partial charge < -0.3 is 20.3 Å². The number of anilines is 2. The number of amides is 2. The van der Waals surface area contributed by atoms with E-state index in [0.29, 0.717) is 5.69 Å². The molecule has 1 heterocycles. The molecule has 2 amide bonds. The highest BCUT2D eigenvalue weighted by atomic mass is 32.2. The summed E-state index contributed by atoms with van der Waals surface area (Å²) in [5.41, 5.74) is 1.06. The Bertz CT molecular complexity index is 1020. The standard InChI is InChI=1S/C22H31N5O5S/c1-5-27(6-2)20-12-7-17(13-23-20)14-24-21(28)22(29)25-18-8-10-19(11-9-18)33(30,31)26-16(3)15-32-4/h7-13,16,26H,5-6,14-15H2,1-4H3,(H,24,28)(H,25,29)/t16-/m0/s1. The maximum atomic E-state index is 12.3. The van der Waals surface area contributed by atoms with E-state index < -0.39 is 27.9 Å². The lowest BCUT2D eigenvalue weighted by Gasteiger charge is -2.19. The smallest absolute Gasteiger partial charge is 0.313 e. The quantitative estimate of drug-likeness (QED) is 0.418. The lowest BCUT2D eigenvalue weighted by atomic mass is 10.2. The molecule has 0 aliphatic carbocycles. The van der Waals surface area contributed by atoms with Crippen molar-refractivity contribution in [2.24, 2.45) is 0 Å². The second-order valence-corrected chi connectivity index (χ2v) is 9.05. The van der Waals surface area contributed by atoms with Crippen molar-refractivity contribution in [1.29, 1.82) is 0 Å². The van der Waals surface area contributed by atoms with Gasteiger partial charge in [-0.05, 0) is 56.7 Å². The fourth-order valence-corrected chi connectivity index (χ4v) is 4.27. The number of carbonyl (C=O) groups is 2. The Kier molecular flexibility index (Phi) is 9.76. The molecular formula is C22H31N5O5S. The third-order valence-electron chi connectivity index (χ3n) is 4.75. The minimum Gasteiger partial charge on any atom is -0.383 e. The van der Waals surface area contributed by atoms with Crippen molar-refractivity contribution in [3.8, 4) is 0 Å². The number of rotatable bonds is 11. The van der Waals surface area contributed by atoms with E-state index in [4.69, 9.17) is 4.74 Å². The molecule has 180 valence electrons. The number of nitrogens with zero attached hydrogens (tertiary/aromatic N) is 2. The highest BCUT2D eigenvalue weighted by Crippen LogP contribution is 2.15. The number of nitrogens with one attached hydrogen (secondary N) is 3. The lowest BCUT2D eigenvalue weighted by Crippen LogP contribution is -2.35. The van der Waals surface area contributed by atoms with Crippen LogP contribution in [0.25, 0.3) is 0 Å². The van der Waals surface area contributed by atoms with Crippen molar-refractivity contribution >= 4 is 33.3 Å². The van der Waals surface area contributed by atoms with Crippen LogP contribution in [0.2, 0.25) is 0 Å². The molecule has 2 aromatic rings. The van der Waals surface area contributed by atoms with Gasteiger partial charge in [0.05, 0.1) is 11.5 Å². The number of methoxy groups -OCH3 is 1. The first-order chi connectivity index (χ1) is 15.7. The van der Waals surface area contributed by atoms with Gasteiger partial charge in [0.25, 0.3) is 0 Å². The van der Waals surface area contributed by atoms with E-state index in [2.05, 4.69) is 25.2 Å². The summed E-state index contributed by atoms with van der Waals surface area (Å²) in [5, 5.41) is 4.99. The average Bonchev–Trinajstić information content (AvgIpc) is 2.79. The van der Waals surface area contributed by atoms with Gasteiger partial charge >= 0.3 is 11.8 Å². The van der Waals surface area contributed by atoms with Crippen LogP contribution in [0.5, 0.6) is 0 Å². The molecule has 1 aromatic carbocycles. The summed E-state index contributed by atoms with van der Waals surface area (Å²) < 4.78 is 32.1. The van der Waals surface area contributed by atoms with Crippen molar-refractivity contribution in [3.63, 3.8) is 0 Å². The summed E-state index contributed by atoms with van der Waals surface area (Å²) in [5.74, 6) is -0.818.